The van der Waals surface area contributed by atoms with Crippen LogP contribution < -0.4 is 10.6 Å². The monoisotopic (exact) mass is 500 g/mol. The number of guanidine groups is 1. The normalized spacial score (nSPS) is 23.7. The minimum Gasteiger partial charge on any atom is -0.373 e. The van der Waals surface area contributed by atoms with E-state index in [1.807, 2.05) is 0 Å². The third-order valence-electron chi connectivity index (χ3n) is 5.57. The molecule has 2 aliphatic rings. The number of rotatable bonds is 7. The lowest BCUT2D eigenvalue weighted by Gasteiger charge is -2.31. The van der Waals surface area contributed by atoms with Gasteiger partial charge in [0.05, 0.1) is 6.10 Å². The van der Waals surface area contributed by atoms with E-state index in [2.05, 4.69) is 52.8 Å². The van der Waals surface area contributed by atoms with Crippen LogP contribution in [0.4, 0.5) is 0 Å². The van der Waals surface area contributed by atoms with E-state index in [9.17, 15) is 0 Å². The average Bonchev–Trinajstić information content (AvgIpc) is 2.74. The van der Waals surface area contributed by atoms with Gasteiger partial charge in [-0.25, -0.2) is 0 Å². The number of hydrogen-bond acceptors (Lipinski definition) is 3. The Hall–Kier alpha value is -0.860. The number of benzene rings is 1. The van der Waals surface area contributed by atoms with E-state index < -0.39 is 0 Å². The van der Waals surface area contributed by atoms with Gasteiger partial charge in [0.25, 0.3) is 0 Å². The molecule has 2 saturated heterocycles. The predicted molar refractivity (Wildman–Crippen MR) is 128 cm³/mol. The molecule has 28 heavy (non-hydrogen) atoms. The van der Waals surface area contributed by atoms with Crippen molar-refractivity contribution in [3.63, 3.8) is 0 Å². The van der Waals surface area contributed by atoms with E-state index >= 15 is 0 Å². The Bertz CT molecular complexity index is 563. The summed E-state index contributed by atoms with van der Waals surface area (Å²) in [5.41, 5.74) is 1.28. The molecule has 0 amide bonds. The summed E-state index contributed by atoms with van der Waals surface area (Å²) in [4.78, 5) is 7.45. The van der Waals surface area contributed by atoms with Crippen LogP contribution in [0.2, 0.25) is 0 Å². The number of nitrogens with one attached hydrogen (secondary N) is 2. The van der Waals surface area contributed by atoms with E-state index in [0.29, 0.717) is 5.92 Å². The first kappa shape index (κ1) is 23.4. The van der Waals surface area contributed by atoms with E-state index in [0.717, 1.165) is 45.2 Å². The quantitative estimate of drug-likeness (QED) is 0.340. The first-order valence-corrected chi connectivity index (χ1v) is 10.8. The molecule has 3 rings (SSSR count). The van der Waals surface area contributed by atoms with Crippen LogP contribution in [0.5, 0.6) is 0 Å². The Morgan fingerprint density at radius 3 is 2.64 bits per heavy atom. The van der Waals surface area contributed by atoms with Gasteiger partial charge in [-0.3, -0.25) is 4.99 Å². The van der Waals surface area contributed by atoms with Crippen LogP contribution >= 0.6 is 24.0 Å². The predicted octanol–water partition coefficient (Wildman–Crippen LogP) is 3.81. The van der Waals surface area contributed by atoms with Crippen molar-refractivity contribution in [2.24, 2.45) is 10.9 Å². The molecule has 0 spiro atoms. The fraction of sp³-hybridized carbons (Fsp3) is 0.682. The first-order valence-electron chi connectivity index (χ1n) is 10.8. The van der Waals surface area contributed by atoms with Crippen LogP contribution in [-0.4, -0.2) is 56.7 Å². The SMILES string of the molecule is CCNC(=NCC1CCCOC1c1ccccc1)NCCN1CCCCC1.I. The van der Waals surface area contributed by atoms with Gasteiger partial charge in [-0.05, 0) is 51.3 Å². The summed E-state index contributed by atoms with van der Waals surface area (Å²) >= 11 is 0. The fourth-order valence-electron chi connectivity index (χ4n) is 4.11. The molecule has 5 nitrogen and oxygen atoms in total. The molecule has 2 atom stereocenters. The summed E-state index contributed by atoms with van der Waals surface area (Å²) in [5.74, 6) is 1.38. The molecule has 0 aliphatic carbocycles. The first-order chi connectivity index (χ1) is 13.4. The Morgan fingerprint density at radius 2 is 1.89 bits per heavy atom. The smallest absolute Gasteiger partial charge is 0.191 e. The standard InChI is InChI=1S/C22H36N4O.HI/c1-2-23-22(24-13-16-26-14-7-4-8-15-26)25-18-20-12-9-17-27-21(20)19-10-5-3-6-11-19;/h3,5-6,10-11,20-21H,2,4,7-9,12-18H2,1H3,(H2,23,24,25);1H. The van der Waals surface area contributed by atoms with Crippen molar-refractivity contribution in [1.29, 1.82) is 0 Å². The number of nitrogens with zero attached hydrogens (tertiary/aromatic N) is 2. The summed E-state index contributed by atoms with van der Waals surface area (Å²) in [6.07, 6.45) is 6.55. The second kappa shape index (κ2) is 13.4. The Labute approximate surface area is 187 Å². The van der Waals surface area contributed by atoms with Crippen molar-refractivity contribution < 1.29 is 4.74 Å². The number of likely N-dealkylation sites (tertiary alicyclic amines) is 1. The van der Waals surface area contributed by atoms with Crippen LogP contribution in [0, 0.1) is 5.92 Å². The van der Waals surface area contributed by atoms with E-state index in [-0.39, 0.29) is 30.1 Å². The third kappa shape index (κ3) is 7.52. The summed E-state index contributed by atoms with van der Waals surface area (Å²) in [6, 6.07) is 10.6. The number of aliphatic imine (C=N–C) groups is 1. The largest absolute Gasteiger partial charge is 0.373 e. The van der Waals surface area contributed by atoms with Crippen molar-refractivity contribution in [2.45, 2.75) is 45.1 Å². The molecule has 0 saturated carbocycles. The molecule has 2 aliphatic heterocycles. The molecular weight excluding hydrogens is 463 g/mol. The Morgan fingerprint density at radius 1 is 1.11 bits per heavy atom. The van der Waals surface area contributed by atoms with E-state index in [1.54, 1.807) is 0 Å². The molecule has 0 bridgehead atoms. The zero-order chi connectivity index (χ0) is 18.7. The molecule has 6 heteroatoms. The molecular formula is C22H37IN4O. The van der Waals surface area contributed by atoms with Crippen LogP contribution in [0.25, 0.3) is 0 Å². The van der Waals surface area contributed by atoms with Gasteiger partial charge in [0.2, 0.25) is 0 Å². The summed E-state index contributed by atoms with van der Waals surface area (Å²) in [5, 5.41) is 6.91. The highest BCUT2D eigenvalue weighted by atomic mass is 127. The summed E-state index contributed by atoms with van der Waals surface area (Å²) in [7, 11) is 0. The van der Waals surface area contributed by atoms with Gasteiger partial charge in [-0.2, -0.15) is 0 Å². The van der Waals surface area contributed by atoms with Crippen molar-refractivity contribution in [3.05, 3.63) is 35.9 Å². The van der Waals surface area contributed by atoms with Gasteiger partial charge in [0.15, 0.2) is 5.96 Å². The minimum absolute atomic E-state index is 0. The van der Waals surface area contributed by atoms with Crippen LogP contribution in [0.15, 0.2) is 35.3 Å². The number of piperidine rings is 1. The number of hydrogen-bond donors (Lipinski definition) is 2. The van der Waals surface area contributed by atoms with Gasteiger partial charge in [0.1, 0.15) is 0 Å². The lowest BCUT2D eigenvalue weighted by atomic mass is 9.89. The molecule has 1 aromatic rings. The van der Waals surface area contributed by atoms with Crippen LogP contribution in [0.3, 0.4) is 0 Å². The lowest BCUT2D eigenvalue weighted by Crippen LogP contribution is -2.43. The maximum Gasteiger partial charge on any atom is 0.191 e. The maximum absolute atomic E-state index is 6.11. The number of ether oxygens (including phenoxy) is 1. The second-order valence-electron chi connectivity index (χ2n) is 7.65. The van der Waals surface area contributed by atoms with Gasteiger partial charge < -0.3 is 20.3 Å². The van der Waals surface area contributed by atoms with Gasteiger partial charge in [-0.15, -0.1) is 24.0 Å². The summed E-state index contributed by atoms with van der Waals surface area (Å²) < 4.78 is 6.11. The van der Waals surface area contributed by atoms with Crippen molar-refractivity contribution >= 4 is 29.9 Å². The highest BCUT2D eigenvalue weighted by molar-refractivity contribution is 14.0. The minimum atomic E-state index is 0. The van der Waals surface area contributed by atoms with Crippen LogP contribution in [0.1, 0.15) is 50.7 Å². The van der Waals surface area contributed by atoms with Gasteiger partial charge in [-0.1, -0.05) is 36.8 Å². The molecule has 158 valence electrons. The van der Waals surface area contributed by atoms with Gasteiger partial charge >= 0.3 is 0 Å². The van der Waals surface area contributed by atoms with Crippen molar-refractivity contribution in [3.8, 4) is 0 Å². The zero-order valence-corrected chi connectivity index (χ0v) is 19.6. The highest BCUT2D eigenvalue weighted by Gasteiger charge is 2.27. The molecule has 2 unspecified atom stereocenters. The highest BCUT2D eigenvalue weighted by Crippen LogP contribution is 2.33. The average molecular weight is 500 g/mol. The maximum atomic E-state index is 6.11. The molecule has 1 aromatic carbocycles. The second-order valence-corrected chi connectivity index (χ2v) is 7.65. The Balaban J connectivity index is 0.00000280. The summed E-state index contributed by atoms with van der Waals surface area (Å²) in [6.45, 7) is 9.21. The molecule has 2 fully saturated rings. The number of halogens is 1. The topological polar surface area (TPSA) is 48.9 Å². The van der Waals surface area contributed by atoms with E-state index in [1.165, 1.54) is 44.3 Å². The van der Waals surface area contributed by atoms with Crippen molar-refractivity contribution in [1.82, 2.24) is 15.5 Å². The lowest BCUT2D eigenvalue weighted by molar-refractivity contribution is -0.0250. The third-order valence-corrected chi connectivity index (χ3v) is 5.57. The fourth-order valence-corrected chi connectivity index (χ4v) is 4.11. The van der Waals surface area contributed by atoms with E-state index in [4.69, 9.17) is 9.73 Å². The molecule has 0 radical (unpaired) electrons. The van der Waals surface area contributed by atoms with Gasteiger partial charge in [0, 0.05) is 38.7 Å². The molecule has 0 aromatic heterocycles. The Kier molecular flexibility index (Phi) is 11.2. The van der Waals surface area contributed by atoms with Crippen LogP contribution in [-0.2, 0) is 4.74 Å². The molecule has 2 heterocycles. The molecule has 2 N–H and O–H groups in total. The van der Waals surface area contributed by atoms with Crippen molar-refractivity contribution in [2.75, 3.05) is 45.9 Å². The zero-order valence-electron chi connectivity index (χ0n) is 17.2.